The number of ether oxygens (including phenoxy) is 1. The van der Waals surface area contributed by atoms with Gasteiger partial charge in [-0.1, -0.05) is 95.4 Å². The van der Waals surface area contributed by atoms with Crippen molar-refractivity contribution in [1.29, 1.82) is 0 Å². The Kier molecular flexibility index (Phi) is 16.0. The Morgan fingerprint density at radius 2 is 1.59 bits per heavy atom. The number of methoxy groups -OCH3 is 1. The highest BCUT2D eigenvalue weighted by molar-refractivity contribution is 5.97. The average molecular weight is 476 g/mol. The molecule has 1 unspecified atom stereocenters. The van der Waals surface area contributed by atoms with Crippen LogP contribution >= 0.6 is 0 Å². The van der Waals surface area contributed by atoms with Gasteiger partial charge in [0.15, 0.2) is 17.3 Å². The van der Waals surface area contributed by atoms with Gasteiger partial charge in [-0.15, -0.1) is 0 Å². The van der Waals surface area contributed by atoms with Gasteiger partial charge >= 0.3 is 0 Å². The molecule has 3 atom stereocenters. The first-order valence-electron chi connectivity index (χ1n) is 12.8. The average Bonchev–Trinajstić information content (AvgIpc) is 2.84. The largest absolute Gasteiger partial charge is 0.504 e. The fourth-order valence-electron chi connectivity index (χ4n) is 3.74. The summed E-state index contributed by atoms with van der Waals surface area (Å²) in [6, 6.07) is 3.52. The van der Waals surface area contributed by atoms with E-state index in [9.17, 15) is 20.1 Å². The summed E-state index contributed by atoms with van der Waals surface area (Å²) in [4.78, 5) is 12.2. The van der Waals surface area contributed by atoms with Crippen LogP contribution in [-0.2, 0) is 4.79 Å². The smallest absolute Gasteiger partial charge is 0.185 e. The van der Waals surface area contributed by atoms with Gasteiger partial charge < -0.3 is 25.8 Å². The molecule has 0 fully saturated rings. The fourth-order valence-corrected chi connectivity index (χ4v) is 3.74. The maximum Gasteiger partial charge on any atom is 0.185 e. The summed E-state index contributed by atoms with van der Waals surface area (Å²) in [5.74, 6) is -0.321. The lowest BCUT2D eigenvalue weighted by molar-refractivity contribution is -0.124. The highest BCUT2D eigenvalue weighted by atomic mass is 16.5. The number of allylic oxidation sites excluding steroid dienone is 1. The van der Waals surface area contributed by atoms with Crippen molar-refractivity contribution in [3.63, 3.8) is 0 Å². The first-order chi connectivity index (χ1) is 16.4. The maximum atomic E-state index is 12.2. The van der Waals surface area contributed by atoms with E-state index in [2.05, 4.69) is 6.92 Å². The molecule has 0 heterocycles. The predicted molar refractivity (Wildman–Crippen MR) is 139 cm³/mol. The Bertz CT molecular complexity index is 746. The minimum Gasteiger partial charge on any atom is -0.504 e. The zero-order valence-electron chi connectivity index (χ0n) is 21.0. The third-order valence-corrected chi connectivity index (χ3v) is 6.00. The zero-order chi connectivity index (χ0) is 25.2. The van der Waals surface area contributed by atoms with Crippen LogP contribution in [0.2, 0.25) is 0 Å². The molecule has 6 heteroatoms. The van der Waals surface area contributed by atoms with E-state index < -0.39 is 24.0 Å². The van der Waals surface area contributed by atoms with Crippen molar-refractivity contribution < 1.29 is 24.9 Å². The summed E-state index contributed by atoms with van der Waals surface area (Å²) in [5, 5.41) is 30.0. The molecule has 34 heavy (non-hydrogen) atoms. The molecule has 1 aromatic rings. The molecule has 5 N–H and O–H groups in total. The van der Waals surface area contributed by atoms with Crippen molar-refractivity contribution in [3.05, 3.63) is 42.0 Å². The molecular formula is C28H45NO5. The van der Waals surface area contributed by atoms with Gasteiger partial charge in [-0.25, -0.2) is 0 Å². The van der Waals surface area contributed by atoms with Gasteiger partial charge in [0, 0.05) is 0 Å². The molecule has 0 aliphatic heterocycles. The number of aliphatic hydroxyl groups excluding tert-OH is 2. The van der Waals surface area contributed by atoms with E-state index in [-0.39, 0.29) is 11.5 Å². The molecule has 0 saturated carbocycles. The number of aromatic hydroxyl groups is 1. The molecule has 0 aromatic heterocycles. The topological polar surface area (TPSA) is 113 Å². The monoisotopic (exact) mass is 475 g/mol. The Morgan fingerprint density at radius 3 is 2.18 bits per heavy atom. The lowest BCUT2D eigenvalue weighted by Crippen LogP contribution is -2.47. The lowest BCUT2D eigenvalue weighted by atomic mass is 10.00. The van der Waals surface area contributed by atoms with Crippen LogP contribution in [0.4, 0.5) is 0 Å². The zero-order valence-corrected chi connectivity index (χ0v) is 21.0. The van der Waals surface area contributed by atoms with Crippen molar-refractivity contribution in [3.8, 4) is 11.5 Å². The number of phenols is 1. The second kappa shape index (κ2) is 18.2. The number of nitrogens with two attached hydrogens (primary N) is 1. The van der Waals surface area contributed by atoms with Crippen LogP contribution in [-0.4, -0.2) is 46.5 Å². The highest BCUT2D eigenvalue weighted by Crippen LogP contribution is 2.26. The van der Waals surface area contributed by atoms with Crippen LogP contribution < -0.4 is 10.5 Å². The predicted octanol–water partition coefficient (Wildman–Crippen LogP) is 5.29. The van der Waals surface area contributed by atoms with Gasteiger partial charge in [-0.2, -0.15) is 0 Å². The van der Waals surface area contributed by atoms with Crippen LogP contribution in [0.1, 0.15) is 89.5 Å². The van der Waals surface area contributed by atoms with Crippen LogP contribution in [0.5, 0.6) is 11.5 Å². The van der Waals surface area contributed by atoms with Gasteiger partial charge in [0.05, 0.1) is 19.3 Å². The number of carbonyl (C=O) groups excluding carboxylic acids is 1. The normalized spacial score (nSPS) is 14.5. The van der Waals surface area contributed by atoms with E-state index in [1.54, 1.807) is 18.2 Å². The minimum absolute atomic E-state index is 0.00360. The van der Waals surface area contributed by atoms with Crippen LogP contribution in [0.3, 0.4) is 0 Å². The number of rotatable bonds is 19. The van der Waals surface area contributed by atoms with E-state index in [4.69, 9.17) is 10.5 Å². The van der Waals surface area contributed by atoms with Crippen LogP contribution in [0.15, 0.2) is 36.4 Å². The molecule has 0 amide bonds. The summed E-state index contributed by atoms with van der Waals surface area (Å²) in [7, 11) is 1.43. The Balaban J connectivity index is 2.25. The van der Waals surface area contributed by atoms with Gasteiger partial charge in [0.2, 0.25) is 0 Å². The van der Waals surface area contributed by atoms with Crippen molar-refractivity contribution in [2.75, 3.05) is 7.11 Å². The molecule has 0 spiro atoms. The van der Waals surface area contributed by atoms with E-state index >= 15 is 0 Å². The molecule has 0 saturated heterocycles. The summed E-state index contributed by atoms with van der Waals surface area (Å²) in [5.41, 5.74) is 6.51. The maximum absolute atomic E-state index is 12.2. The number of aliphatic hydroxyl groups is 2. The Morgan fingerprint density at radius 1 is 1.00 bits per heavy atom. The number of carbonyl (C=O) groups is 1. The van der Waals surface area contributed by atoms with Gasteiger partial charge in [-0.3, -0.25) is 4.79 Å². The molecule has 1 aromatic carbocycles. The third kappa shape index (κ3) is 12.4. The van der Waals surface area contributed by atoms with E-state index in [0.717, 1.165) is 19.3 Å². The van der Waals surface area contributed by atoms with Gasteiger partial charge in [0.1, 0.15) is 6.10 Å². The molecule has 1 rings (SSSR count). The van der Waals surface area contributed by atoms with E-state index in [0.29, 0.717) is 5.56 Å². The molecule has 0 aliphatic carbocycles. The van der Waals surface area contributed by atoms with Crippen molar-refractivity contribution >= 4 is 11.9 Å². The third-order valence-electron chi connectivity index (χ3n) is 6.00. The number of phenolic OH excluding ortho intramolecular Hbond substituents is 1. The van der Waals surface area contributed by atoms with Gasteiger partial charge in [0.25, 0.3) is 0 Å². The number of hydrogen-bond acceptors (Lipinski definition) is 6. The standard InChI is InChI=1S/C28H45NO5/c1-3-4-5-6-7-8-9-10-11-12-13-14-15-16-24(31)27(29)28(33)25(32)20-18-22-17-19-23(30)26(21-22)34-2/h15-21,24,27-28,30-31,33H,3-14,29H2,1-2H3/b16-15+,20-18+/t24-,27-,28?/m1/s1. The Labute approximate surface area is 205 Å². The quantitative estimate of drug-likeness (QED) is 0.123. The summed E-state index contributed by atoms with van der Waals surface area (Å²) in [6.45, 7) is 2.24. The van der Waals surface area contributed by atoms with Crippen molar-refractivity contribution in [1.82, 2.24) is 0 Å². The molecule has 192 valence electrons. The fraction of sp³-hybridized carbons (Fsp3) is 0.607. The number of benzene rings is 1. The van der Waals surface area contributed by atoms with E-state index in [1.165, 1.54) is 83.1 Å². The van der Waals surface area contributed by atoms with Crippen molar-refractivity contribution in [2.24, 2.45) is 5.73 Å². The lowest BCUT2D eigenvalue weighted by Gasteiger charge is -2.19. The van der Waals surface area contributed by atoms with E-state index in [1.807, 2.05) is 6.08 Å². The minimum atomic E-state index is -1.52. The SMILES string of the molecule is CCCCCCCCCCCCC/C=C/[C@@H](O)[C@@H](N)C(O)C(=O)/C=C/c1ccc(O)c(OC)c1. The number of unbranched alkanes of at least 4 members (excludes halogenated alkanes) is 11. The Hall–Kier alpha value is -2.15. The van der Waals surface area contributed by atoms with Gasteiger partial charge in [-0.05, 0) is 36.6 Å². The second-order valence-electron chi connectivity index (χ2n) is 8.93. The van der Waals surface area contributed by atoms with Crippen LogP contribution in [0.25, 0.3) is 6.08 Å². The first kappa shape index (κ1) is 29.9. The first-order valence-corrected chi connectivity index (χ1v) is 12.8. The summed E-state index contributed by atoms with van der Waals surface area (Å²) < 4.78 is 5.03. The molecule has 0 bridgehead atoms. The highest BCUT2D eigenvalue weighted by Gasteiger charge is 2.25. The summed E-state index contributed by atoms with van der Waals surface area (Å²) in [6.07, 6.45) is 18.5. The number of hydrogen-bond donors (Lipinski definition) is 4. The molecule has 0 aliphatic rings. The molecule has 6 nitrogen and oxygen atoms in total. The number of ketones is 1. The molecular weight excluding hydrogens is 430 g/mol. The van der Waals surface area contributed by atoms with Crippen molar-refractivity contribution in [2.45, 2.75) is 102 Å². The molecule has 0 radical (unpaired) electrons. The summed E-state index contributed by atoms with van der Waals surface area (Å²) >= 11 is 0. The van der Waals surface area contributed by atoms with Crippen LogP contribution in [0, 0.1) is 0 Å². The second-order valence-corrected chi connectivity index (χ2v) is 8.93.